The van der Waals surface area contributed by atoms with Crippen molar-refractivity contribution >= 4 is 11.9 Å². The van der Waals surface area contributed by atoms with E-state index in [1.54, 1.807) is 30.3 Å². The van der Waals surface area contributed by atoms with E-state index in [1.807, 2.05) is 18.2 Å². The molecule has 0 aromatic heterocycles. The molecule has 4 N–H and O–H groups in total. The Balaban J connectivity index is 2.28. The average Bonchev–Trinajstić information content (AvgIpc) is 2.53. The minimum Gasteiger partial charge on any atom is -0.423 e. The first-order chi connectivity index (χ1) is 11.3. The number of esters is 1. The van der Waals surface area contributed by atoms with Gasteiger partial charge >= 0.3 is 5.97 Å². The van der Waals surface area contributed by atoms with Gasteiger partial charge in [0.15, 0.2) is 5.96 Å². The molecule has 0 amide bonds. The molecule has 2 rings (SSSR count). The highest BCUT2D eigenvalue weighted by atomic mass is 16.5. The van der Waals surface area contributed by atoms with Crippen molar-refractivity contribution in [1.82, 2.24) is 5.32 Å². The second kappa shape index (κ2) is 7.17. The predicted octanol–water partition coefficient (Wildman–Crippen LogP) is 3.19. The van der Waals surface area contributed by atoms with E-state index in [1.165, 1.54) is 0 Å². The van der Waals surface area contributed by atoms with Gasteiger partial charge in [-0.2, -0.15) is 0 Å². The second-order valence-corrected chi connectivity index (χ2v) is 6.60. The van der Waals surface area contributed by atoms with Gasteiger partial charge in [-0.25, -0.2) is 4.79 Å². The maximum absolute atomic E-state index is 12.3. The summed E-state index contributed by atoms with van der Waals surface area (Å²) in [6.07, 6.45) is 0. The van der Waals surface area contributed by atoms with E-state index in [9.17, 15) is 4.79 Å². The molecule has 0 aliphatic carbocycles. The highest BCUT2D eigenvalue weighted by Crippen LogP contribution is 2.32. The minimum atomic E-state index is -0.379. The lowest BCUT2D eigenvalue weighted by molar-refractivity contribution is 0.0732. The van der Waals surface area contributed by atoms with Gasteiger partial charge in [-0.1, -0.05) is 45.0 Å². The van der Waals surface area contributed by atoms with Crippen LogP contribution < -0.4 is 15.8 Å². The average molecular weight is 325 g/mol. The largest absolute Gasteiger partial charge is 0.423 e. The van der Waals surface area contributed by atoms with Crippen molar-refractivity contribution in [3.63, 3.8) is 0 Å². The summed E-state index contributed by atoms with van der Waals surface area (Å²) in [5, 5.41) is 10.0. The van der Waals surface area contributed by atoms with Gasteiger partial charge in [-0.3, -0.25) is 5.41 Å². The van der Waals surface area contributed by atoms with E-state index in [4.69, 9.17) is 15.9 Å². The lowest BCUT2D eigenvalue weighted by Crippen LogP contribution is -2.29. The molecule has 0 saturated carbocycles. The van der Waals surface area contributed by atoms with E-state index >= 15 is 0 Å². The Labute approximate surface area is 142 Å². The van der Waals surface area contributed by atoms with Crippen LogP contribution in [0.3, 0.4) is 0 Å². The lowest BCUT2D eigenvalue weighted by Gasteiger charge is -2.23. The number of hydrogen-bond acceptors (Lipinski definition) is 3. The molecule has 0 saturated heterocycles. The molecule has 0 bridgehead atoms. The molecule has 0 aliphatic rings. The minimum absolute atomic E-state index is 0.0770. The number of nitrogens with two attached hydrogens (primary N) is 1. The number of ether oxygens (including phenoxy) is 1. The Hall–Kier alpha value is -2.82. The molecule has 0 atom stereocenters. The maximum Gasteiger partial charge on any atom is 0.343 e. The number of guanidine groups is 1. The number of benzene rings is 2. The van der Waals surface area contributed by atoms with Crippen LogP contribution >= 0.6 is 0 Å². The van der Waals surface area contributed by atoms with Crippen LogP contribution in [-0.2, 0) is 12.0 Å². The second-order valence-electron chi connectivity index (χ2n) is 6.60. The monoisotopic (exact) mass is 325 g/mol. The van der Waals surface area contributed by atoms with E-state index in [0.29, 0.717) is 17.9 Å². The van der Waals surface area contributed by atoms with Crippen LogP contribution in [0.15, 0.2) is 48.5 Å². The third kappa shape index (κ3) is 4.59. The van der Waals surface area contributed by atoms with Gasteiger partial charge in [0.1, 0.15) is 5.75 Å². The molecular formula is C19H23N3O2. The van der Waals surface area contributed by atoms with Crippen LogP contribution in [0.1, 0.15) is 42.3 Å². The fourth-order valence-electron chi connectivity index (χ4n) is 2.29. The third-order valence-electron chi connectivity index (χ3n) is 3.55. The van der Waals surface area contributed by atoms with E-state index in [2.05, 4.69) is 26.1 Å². The van der Waals surface area contributed by atoms with Gasteiger partial charge in [0.2, 0.25) is 0 Å². The highest BCUT2D eigenvalue weighted by Gasteiger charge is 2.21. The Morgan fingerprint density at radius 3 is 2.42 bits per heavy atom. The number of nitrogens with one attached hydrogen (secondary N) is 2. The molecule has 0 radical (unpaired) electrons. The predicted molar refractivity (Wildman–Crippen MR) is 95.3 cm³/mol. The summed E-state index contributed by atoms with van der Waals surface area (Å²) in [6, 6.07) is 14.5. The molecule has 5 nitrogen and oxygen atoms in total. The fraction of sp³-hybridized carbons (Fsp3) is 0.263. The van der Waals surface area contributed by atoms with Gasteiger partial charge in [0, 0.05) is 12.1 Å². The van der Waals surface area contributed by atoms with Gasteiger partial charge in [0.05, 0.1) is 5.56 Å². The van der Waals surface area contributed by atoms with Crippen LogP contribution in [-0.4, -0.2) is 11.9 Å². The van der Waals surface area contributed by atoms with Crippen molar-refractivity contribution < 1.29 is 9.53 Å². The van der Waals surface area contributed by atoms with Crippen LogP contribution in [0.25, 0.3) is 0 Å². The van der Waals surface area contributed by atoms with Crippen molar-refractivity contribution in [1.29, 1.82) is 5.41 Å². The summed E-state index contributed by atoms with van der Waals surface area (Å²) in [5.41, 5.74) is 7.54. The zero-order chi connectivity index (χ0) is 17.7. The molecule has 24 heavy (non-hydrogen) atoms. The van der Waals surface area contributed by atoms with Gasteiger partial charge in [-0.05, 0) is 35.2 Å². The van der Waals surface area contributed by atoms with Crippen LogP contribution in [0.4, 0.5) is 0 Å². The Bertz CT molecular complexity index is 734. The lowest BCUT2D eigenvalue weighted by atomic mass is 9.85. The summed E-state index contributed by atoms with van der Waals surface area (Å²) in [7, 11) is 0. The molecule has 0 heterocycles. The molecule has 0 fully saturated rings. The number of carbonyl (C=O) groups excluding carboxylic acids is 1. The van der Waals surface area contributed by atoms with Crippen molar-refractivity contribution in [2.75, 3.05) is 0 Å². The molecule has 126 valence electrons. The van der Waals surface area contributed by atoms with Crippen LogP contribution in [0, 0.1) is 5.41 Å². The summed E-state index contributed by atoms with van der Waals surface area (Å²) >= 11 is 0. The fourth-order valence-corrected chi connectivity index (χ4v) is 2.29. The smallest absolute Gasteiger partial charge is 0.343 e. The Morgan fingerprint density at radius 2 is 1.83 bits per heavy atom. The summed E-state index contributed by atoms with van der Waals surface area (Å²) in [6.45, 7) is 6.63. The number of carbonyl (C=O) groups is 1. The molecule has 2 aromatic rings. The Kier molecular flexibility index (Phi) is 5.24. The number of hydrogen-bond donors (Lipinski definition) is 3. The van der Waals surface area contributed by atoms with Crippen molar-refractivity contribution in [3.05, 3.63) is 65.2 Å². The van der Waals surface area contributed by atoms with Gasteiger partial charge in [-0.15, -0.1) is 0 Å². The standard InChI is InChI=1S/C19H23N3O2/c1-19(2,3)15-11-13(12-22-18(20)21)9-10-16(15)24-17(23)14-7-5-4-6-8-14/h4-11H,12H2,1-3H3,(H4,20,21,22). The van der Waals surface area contributed by atoms with E-state index < -0.39 is 0 Å². The van der Waals surface area contributed by atoms with E-state index in [0.717, 1.165) is 11.1 Å². The van der Waals surface area contributed by atoms with Gasteiger partial charge in [0.25, 0.3) is 0 Å². The SMILES string of the molecule is CC(C)(C)c1cc(CNC(=N)N)ccc1OC(=O)c1ccccc1. The Morgan fingerprint density at radius 1 is 1.17 bits per heavy atom. The topological polar surface area (TPSA) is 88.2 Å². The summed E-state index contributed by atoms with van der Waals surface area (Å²) in [5.74, 6) is 0.0885. The molecule has 0 spiro atoms. The summed E-state index contributed by atoms with van der Waals surface area (Å²) < 4.78 is 5.61. The normalized spacial score (nSPS) is 11.0. The van der Waals surface area contributed by atoms with Crippen molar-refractivity contribution in [2.24, 2.45) is 5.73 Å². The molecule has 5 heteroatoms. The first kappa shape index (κ1) is 17.5. The third-order valence-corrected chi connectivity index (χ3v) is 3.55. The molecule has 0 aliphatic heterocycles. The first-order valence-corrected chi connectivity index (χ1v) is 7.76. The molecule has 2 aromatic carbocycles. The zero-order valence-electron chi connectivity index (χ0n) is 14.2. The maximum atomic E-state index is 12.3. The molecular weight excluding hydrogens is 302 g/mol. The number of rotatable bonds is 4. The molecule has 0 unspecified atom stereocenters. The van der Waals surface area contributed by atoms with Crippen LogP contribution in [0.2, 0.25) is 0 Å². The zero-order valence-corrected chi connectivity index (χ0v) is 14.2. The van der Waals surface area contributed by atoms with Crippen molar-refractivity contribution in [2.45, 2.75) is 32.7 Å². The van der Waals surface area contributed by atoms with E-state index in [-0.39, 0.29) is 17.3 Å². The summed E-state index contributed by atoms with van der Waals surface area (Å²) in [4.78, 5) is 12.3. The van der Waals surface area contributed by atoms with Gasteiger partial charge < -0.3 is 15.8 Å². The van der Waals surface area contributed by atoms with Crippen LogP contribution in [0.5, 0.6) is 5.75 Å². The first-order valence-electron chi connectivity index (χ1n) is 7.76. The van der Waals surface area contributed by atoms with Crippen molar-refractivity contribution in [3.8, 4) is 5.75 Å². The quantitative estimate of drug-likeness (QED) is 0.349. The highest BCUT2D eigenvalue weighted by molar-refractivity contribution is 5.91.